The van der Waals surface area contributed by atoms with Crippen LogP contribution in [0.15, 0.2) is 23.1 Å². The summed E-state index contributed by atoms with van der Waals surface area (Å²) >= 11 is 1.80. The van der Waals surface area contributed by atoms with Gasteiger partial charge in [-0.05, 0) is 54.7 Å². The SMILES string of the molecule is OC1CCCC1CNC1CCSc2ccc(F)cc21. The van der Waals surface area contributed by atoms with Crippen LogP contribution in [0.3, 0.4) is 0 Å². The first-order valence-electron chi connectivity index (χ1n) is 7.08. The Hall–Kier alpha value is -0.580. The number of fused-ring (bicyclic) bond motifs is 1. The van der Waals surface area contributed by atoms with Crippen molar-refractivity contribution in [1.82, 2.24) is 5.32 Å². The molecular formula is C15H20FNOS. The van der Waals surface area contributed by atoms with Crippen molar-refractivity contribution in [1.29, 1.82) is 0 Å². The second-order valence-electron chi connectivity index (χ2n) is 5.54. The quantitative estimate of drug-likeness (QED) is 0.893. The number of thioether (sulfide) groups is 1. The van der Waals surface area contributed by atoms with Gasteiger partial charge in [-0.2, -0.15) is 0 Å². The minimum atomic E-state index is -0.158. The maximum Gasteiger partial charge on any atom is 0.123 e. The van der Waals surface area contributed by atoms with Gasteiger partial charge in [0.25, 0.3) is 0 Å². The first-order valence-corrected chi connectivity index (χ1v) is 8.06. The Kier molecular flexibility index (Phi) is 4.10. The van der Waals surface area contributed by atoms with Crippen molar-refractivity contribution in [3.63, 3.8) is 0 Å². The number of aliphatic hydroxyl groups excluding tert-OH is 1. The topological polar surface area (TPSA) is 32.3 Å². The van der Waals surface area contributed by atoms with E-state index in [0.29, 0.717) is 5.92 Å². The predicted molar refractivity (Wildman–Crippen MR) is 75.8 cm³/mol. The summed E-state index contributed by atoms with van der Waals surface area (Å²) in [6.07, 6.45) is 4.03. The number of aliphatic hydroxyl groups is 1. The zero-order valence-corrected chi connectivity index (χ0v) is 11.8. The molecule has 3 atom stereocenters. The van der Waals surface area contributed by atoms with Crippen LogP contribution in [0.4, 0.5) is 4.39 Å². The van der Waals surface area contributed by atoms with Gasteiger partial charge in [-0.3, -0.25) is 0 Å². The number of hydrogen-bond acceptors (Lipinski definition) is 3. The van der Waals surface area contributed by atoms with Crippen LogP contribution in [0.5, 0.6) is 0 Å². The number of halogens is 1. The van der Waals surface area contributed by atoms with Crippen LogP contribution in [-0.4, -0.2) is 23.5 Å². The summed E-state index contributed by atoms with van der Waals surface area (Å²) in [7, 11) is 0. The van der Waals surface area contributed by atoms with E-state index in [1.54, 1.807) is 17.8 Å². The molecule has 2 nitrogen and oxygen atoms in total. The molecule has 1 saturated carbocycles. The Bertz CT molecular complexity index is 454. The number of hydrogen-bond donors (Lipinski definition) is 2. The fourth-order valence-corrected chi connectivity index (χ4v) is 4.23. The highest BCUT2D eigenvalue weighted by molar-refractivity contribution is 7.99. The smallest absolute Gasteiger partial charge is 0.123 e. The number of rotatable bonds is 3. The standard InChI is InChI=1S/C15H20FNOS/c16-11-4-5-15-12(8-11)13(6-7-19-15)17-9-10-2-1-3-14(10)18/h4-5,8,10,13-14,17-18H,1-3,6-7,9H2. The monoisotopic (exact) mass is 281 g/mol. The molecule has 0 amide bonds. The van der Waals surface area contributed by atoms with Crippen molar-refractivity contribution in [3.05, 3.63) is 29.6 Å². The minimum absolute atomic E-state index is 0.155. The Labute approximate surface area is 117 Å². The van der Waals surface area contributed by atoms with E-state index < -0.39 is 0 Å². The molecule has 2 N–H and O–H groups in total. The Morgan fingerprint density at radius 3 is 3.00 bits per heavy atom. The van der Waals surface area contributed by atoms with Crippen LogP contribution in [0, 0.1) is 11.7 Å². The van der Waals surface area contributed by atoms with Crippen LogP contribution in [-0.2, 0) is 0 Å². The average Bonchev–Trinajstić information content (AvgIpc) is 2.82. The molecule has 1 heterocycles. The maximum absolute atomic E-state index is 13.4. The summed E-state index contributed by atoms with van der Waals surface area (Å²) in [6.45, 7) is 0.840. The summed E-state index contributed by atoms with van der Waals surface area (Å²) in [6, 6.07) is 5.31. The van der Waals surface area contributed by atoms with Crippen molar-refractivity contribution in [2.45, 2.75) is 42.7 Å². The Morgan fingerprint density at radius 2 is 2.21 bits per heavy atom. The van der Waals surface area contributed by atoms with E-state index in [4.69, 9.17) is 0 Å². The summed E-state index contributed by atoms with van der Waals surface area (Å²) in [4.78, 5) is 1.19. The zero-order chi connectivity index (χ0) is 13.2. The molecule has 104 valence electrons. The third-order valence-corrected chi connectivity index (χ3v) is 5.38. The van der Waals surface area contributed by atoms with Gasteiger partial charge in [0.1, 0.15) is 5.82 Å². The molecule has 0 saturated heterocycles. The van der Waals surface area contributed by atoms with E-state index in [0.717, 1.165) is 43.5 Å². The number of benzene rings is 1. The second-order valence-corrected chi connectivity index (χ2v) is 6.68. The van der Waals surface area contributed by atoms with E-state index in [9.17, 15) is 9.50 Å². The fourth-order valence-electron chi connectivity index (χ4n) is 3.13. The largest absolute Gasteiger partial charge is 0.393 e. The van der Waals surface area contributed by atoms with Crippen molar-refractivity contribution >= 4 is 11.8 Å². The van der Waals surface area contributed by atoms with E-state index in [1.807, 2.05) is 6.07 Å². The van der Waals surface area contributed by atoms with Gasteiger partial charge in [0.05, 0.1) is 6.10 Å². The van der Waals surface area contributed by atoms with E-state index in [2.05, 4.69) is 5.32 Å². The highest BCUT2D eigenvalue weighted by Crippen LogP contribution is 2.37. The van der Waals surface area contributed by atoms with Gasteiger partial charge in [0.15, 0.2) is 0 Å². The summed E-state index contributed by atoms with van der Waals surface area (Å²) in [5.74, 6) is 1.28. The third kappa shape index (κ3) is 2.96. The lowest BCUT2D eigenvalue weighted by Crippen LogP contribution is -2.32. The Balaban J connectivity index is 1.67. The average molecular weight is 281 g/mol. The highest BCUT2D eigenvalue weighted by Gasteiger charge is 2.27. The molecule has 3 rings (SSSR count). The molecule has 1 aliphatic carbocycles. The van der Waals surface area contributed by atoms with Crippen molar-refractivity contribution < 1.29 is 9.50 Å². The summed E-state index contributed by atoms with van der Waals surface area (Å²) < 4.78 is 13.4. The molecule has 0 radical (unpaired) electrons. The van der Waals surface area contributed by atoms with Gasteiger partial charge in [0, 0.05) is 17.5 Å². The van der Waals surface area contributed by atoms with Crippen LogP contribution >= 0.6 is 11.8 Å². The van der Waals surface area contributed by atoms with Crippen molar-refractivity contribution in [2.24, 2.45) is 5.92 Å². The van der Waals surface area contributed by atoms with Gasteiger partial charge in [-0.25, -0.2) is 4.39 Å². The normalized spacial score (nSPS) is 30.3. The first kappa shape index (κ1) is 13.4. The molecule has 3 unspecified atom stereocenters. The van der Waals surface area contributed by atoms with Crippen LogP contribution in [0.1, 0.15) is 37.3 Å². The van der Waals surface area contributed by atoms with Gasteiger partial charge < -0.3 is 10.4 Å². The van der Waals surface area contributed by atoms with E-state index in [-0.39, 0.29) is 18.0 Å². The maximum atomic E-state index is 13.4. The lowest BCUT2D eigenvalue weighted by molar-refractivity contribution is 0.129. The van der Waals surface area contributed by atoms with Gasteiger partial charge in [0.2, 0.25) is 0 Å². The molecule has 1 aromatic rings. The molecule has 1 fully saturated rings. The molecular weight excluding hydrogens is 261 g/mol. The highest BCUT2D eigenvalue weighted by atomic mass is 32.2. The Morgan fingerprint density at radius 1 is 1.32 bits per heavy atom. The molecule has 0 aromatic heterocycles. The molecule has 0 bridgehead atoms. The van der Waals surface area contributed by atoms with Crippen molar-refractivity contribution in [2.75, 3.05) is 12.3 Å². The molecule has 4 heteroatoms. The lowest BCUT2D eigenvalue weighted by atomic mass is 10.0. The van der Waals surface area contributed by atoms with Gasteiger partial charge >= 0.3 is 0 Å². The minimum Gasteiger partial charge on any atom is -0.393 e. The molecule has 0 spiro atoms. The van der Waals surface area contributed by atoms with Crippen molar-refractivity contribution in [3.8, 4) is 0 Å². The van der Waals surface area contributed by atoms with E-state index in [1.165, 1.54) is 11.0 Å². The third-order valence-electron chi connectivity index (χ3n) is 4.26. The van der Waals surface area contributed by atoms with Crippen LogP contribution < -0.4 is 5.32 Å². The fraction of sp³-hybridized carbons (Fsp3) is 0.600. The summed E-state index contributed by atoms with van der Waals surface area (Å²) in [5, 5.41) is 13.4. The lowest BCUT2D eigenvalue weighted by Gasteiger charge is -2.28. The summed E-state index contributed by atoms with van der Waals surface area (Å²) in [5.41, 5.74) is 1.09. The van der Waals surface area contributed by atoms with Crippen LogP contribution in [0.2, 0.25) is 0 Å². The molecule has 19 heavy (non-hydrogen) atoms. The molecule has 1 aliphatic heterocycles. The van der Waals surface area contributed by atoms with Crippen LogP contribution in [0.25, 0.3) is 0 Å². The van der Waals surface area contributed by atoms with Gasteiger partial charge in [-0.15, -0.1) is 11.8 Å². The van der Waals surface area contributed by atoms with Gasteiger partial charge in [-0.1, -0.05) is 6.42 Å². The second kappa shape index (κ2) is 5.81. The first-order chi connectivity index (χ1) is 9.24. The number of nitrogens with one attached hydrogen (secondary N) is 1. The molecule has 1 aromatic carbocycles. The zero-order valence-electron chi connectivity index (χ0n) is 10.9. The predicted octanol–water partition coefficient (Wildman–Crippen LogP) is 3.11. The van der Waals surface area contributed by atoms with E-state index >= 15 is 0 Å². The molecule has 2 aliphatic rings.